The molecule has 0 spiro atoms. The molecule has 1 amide bonds. The third-order valence-electron chi connectivity index (χ3n) is 7.33. The number of phenols is 1. The number of aliphatic hydroxyl groups excluding tert-OH is 1. The highest BCUT2D eigenvalue weighted by atomic mass is 32.2. The number of aromatic hydroxyl groups is 1. The molecule has 44 heavy (non-hydrogen) atoms. The van der Waals surface area contributed by atoms with E-state index in [1.807, 2.05) is 17.0 Å². The van der Waals surface area contributed by atoms with Gasteiger partial charge in [0.2, 0.25) is 0 Å². The maximum absolute atomic E-state index is 12.7. The van der Waals surface area contributed by atoms with Crippen LogP contribution in [0.15, 0.2) is 42.5 Å². The lowest BCUT2D eigenvalue weighted by atomic mass is 10.1. The van der Waals surface area contributed by atoms with E-state index in [1.54, 1.807) is 6.07 Å². The molecule has 0 radical (unpaired) electrons. The predicted molar refractivity (Wildman–Crippen MR) is 177 cm³/mol. The molecule has 0 saturated carbocycles. The molecule has 1 unspecified atom stereocenters. The van der Waals surface area contributed by atoms with Gasteiger partial charge >= 0.3 is 10.2 Å². The number of rotatable bonds is 23. The summed E-state index contributed by atoms with van der Waals surface area (Å²) in [5, 5.41) is 23.7. The van der Waals surface area contributed by atoms with Gasteiger partial charge < -0.3 is 25.2 Å². The van der Waals surface area contributed by atoms with Crippen LogP contribution in [0.2, 0.25) is 0 Å². The smallest absolute Gasteiger partial charge is 0.301 e. The van der Waals surface area contributed by atoms with Gasteiger partial charge in [0.15, 0.2) is 0 Å². The van der Waals surface area contributed by atoms with Gasteiger partial charge in [0, 0.05) is 52.5 Å². The summed E-state index contributed by atoms with van der Waals surface area (Å²) >= 11 is 0. The number of hydrogen-bond acceptors (Lipinski definition) is 7. The number of unbranched alkanes of at least 4 members (excludes halogenated alkanes) is 4. The van der Waals surface area contributed by atoms with Crippen molar-refractivity contribution in [1.82, 2.24) is 14.5 Å². The fraction of sp³-hybridized carbons (Fsp3) is 0.606. The van der Waals surface area contributed by atoms with E-state index in [2.05, 4.69) is 36.0 Å². The molecule has 1 atom stereocenters. The average molecular weight is 635 g/mol. The number of aliphatic hydroxyl groups is 1. The minimum absolute atomic E-state index is 0.0260. The normalized spacial score (nSPS) is 12.4. The molecule has 10 nitrogen and oxygen atoms in total. The monoisotopic (exact) mass is 634 g/mol. The molecule has 0 aliphatic heterocycles. The lowest BCUT2D eigenvalue weighted by molar-refractivity contribution is 0.0755. The van der Waals surface area contributed by atoms with E-state index in [4.69, 9.17) is 4.74 Å². The largest absolute Gasteiger partial charge is 0.506 e. The minimum Gasteiger partial charge on any atom is -0.506 e. The first-order valence-electron chi connectivity index (χ1n) is 16.0. The van der Waals surface area contributed by atoms with Gasteiger partial charge in [0.25, 0.3) is 5.91 Å². The first-order chi connectivity index (χ1) is 21.1. The van der Waals surface area contributed by atoms with Crippen molar-refractivity contribution in [2.75, 3.05) is 58.2 Å². The molecule has 0 aliphatic carbocycles. The van der Waals surface area contributed by atoms with Crippen LogP contribution in [0, 0.1) is 0 Å². The summed E-state index contributed by atoms with van der Waals surface area (Å²) in [5.41, 5.74) is 2.55. The molecule has 0 bridgehead atoms. The minimum atomic E-state index is -3.77. The highest BCUT2D eigenvalue weighted by molar-refractivity contribution is 7.90. The quantitative estimate of drug-likeness (QED) is 0.0989. The van der Waals surface area contributed by atoms with E-state index in [-0.39, 0.29) is 17.3 Å². The number of ether oxygens (including phenoxy) is 1. The summed E-state index contributed by atoms with van der Waals surface area (Å²) in [4.78, 5) is 14.7. The van der Waals surface area contributed by atoms with Crippen LogP contribution in [0.1, 0.15) is 92.8 Å². The SMILES string of the molecule is CCCN(CCC)C(=O)c1ccc(CCCCOCCCCCCNCC(O)c2ccc(O)c(NS(=O)(=O)N(C)C)c2)cc1. The third-order valence-corrected chi connectivity index (χ3v) is 8.77. The molecule has 11 heteroatoms. The molecule has 4 N–H and O–H groups in total. The summed E-state index contributed by atoms with van der Waals surface area (Å²) in [5.74, 6) is -0.0829. The number of nitrogens with zero attached hydrogens (tertiary/aromatic N) is 2. The van der Waals surface area contributed by atoms with Gasteiger partial charge in [-0.05, 0) is 86.9 Å². The Hall–Kier alpha value is -2.70. The van der Waals surface area contributed by atoms with Gasteiger partial charge in [-0.25, -0.2) is 0 Å². The molecule has 2 rings (SSSR count). The number of carbonyl (C=O) groups excluding carboxylic acids is 1. The topological polar surface area (TPSA) is 131 Å². The van der Waals surface area contributed by atoms with E-state index < -0.39 is 16.3 Å². The molecule has 0 fully saturated rings. The summed E-state index contributed by atoms with van der Waals surface area (Å²) in [6.45, 7) is 8.41. The van der Waals surface area contributed by atoms with E-state index in [1.165, 1.54) is 31.8 Å². The molecule has 0 aromatic heterocycles. The Morgan fingerprint density at radius 2 is 1.55 bits per heavy atom. The van der Waals surface area contributed by atoms with Crippen molar-refractivity contribution >= 4 is 21.8 Å². The number of anilines is 1. The van der Waals surface area contributed by atoms with Crippen LogP contribution >= 0.6 is 0 Å². The fourth-order valence-corrected chi connectivity index (χ4v) is 5.35. The summed E-state index contributed by atoms with van der Waals surface area (Å²) in [7, 11) is -0.990. The predicted octanol–water partition coefficient (Wildman–Crippen LogP) is 5.10. The maximum Gasteiger partial charge on any atom is 0.301 e. The van der Waals surface area contributed by atoms with Crippen LogP contribution in [0.5, 0.6) is 5.75 Å². The van der Waals surface area contributed by atoms with Gasteiger partial charge in [-0.1, -0.05) is 44.9 Å². The molecular weight excluding hydrogens is 580 g/mol. The summed E-state index contributed by atoms with van der Waals surface area (Å²) in [6.07, 6.45) is 8.30. The van der Waals surface area contributed by atoms with Gasteiger partial charge in [0.05, 0.1) is 11.8 Å². The van der Waals surface area contributed by atoms with Crippen LogP contribution in [0.25, 0.3) is 0 Å². The Morgan fingerprint density at radius 1 is 0.909 bits per heavy atom. The third kappa shape index (κ3) is 13.5. The average Bonchev–Trinajstić information content (AvgIpc) is 3.00. The van der Waals surface area contributed by atoms with Crippen molar-refractivity contribution < 1.29 is 28.2 Å². The van der Waals surface area contributed by atoms with E-state index >= 15 is 0 Å². The Balaban J connectivity index is 1.51. The van der Waals surface area contributed by atoms with Crippen molar-refractivity contribution in [3.8, 4) is 5.75 Å². The van der Waals surface area contributed by atoms with Crippen molar-refractivity contribution in [2.24, 2.45) is 0 Å². The van der Waals surface area contributed by atoms with E-state index in [0.29, 0.717) is 12.1 Å². The zero-order valence-electron chi connectivity index (χ0n) is 27.1. The van der Waals surface area contributed by atoms with Crippen molar-refractivity contribution in [1.29, 1.82) is 0 Å². The summed E-state index contributed by atoms with van der Waals surface area (Å²) < 4.78 is 33.2. The van der Waals surface area contributed by atoms with Crippen LogP contribution in [-0.4, -0.2) is 87.2 Å². The number of carbonyl (C=O) groups is 1. The Bertz CT molecular complexity index is 1200. The number of benzene rings is 2. The van der Waals surface area contributed by atoms with E-state index in [9.17, 15) is 23.4 Å². The van der Waals surface area contributed by atoms with Crippen LogP contribution < -0.4 is 10.0 Å². The standard InChI is InChI=1S/C33H54N4O6S/c1-5-21-37(22-6-2)33(40)28-16-14-27(15-17-28)13-9-12-24-43-23-11-8-7-10-20-34-26-32(39)29-18-19-31(38)30(25-29)35-44(41,42)36(3)4/h14-19,25,32,34-35,38-39H,5-13,20-24,26H2,1-4H3. The van der Waals surface area contributed by atoms with Crippen LogP contribution in [0.4, 0.5) is 5.69 Å². The number of amides is 1. The molecule has 248 valence electrons. The second-order valence-corrected chi connectivity index (χ2v) is 13.2. The van der Waals surface area contributed by atoms with Gasteiger partial charge in [-0.2, -0.15) is 12.7 Å². The van der Waals surface area contributed by atoms with Crippen molar-refractivity contribution in [2.45, 2.75) is 77.7 Å². The number of aryl methyl sites for hydroxylation is 1. The zero-order valence-corrected chi connectivity index (χ0v) is 27.9. The first kappa shape index (κ1) is 37.5. The lowest BCUT2D eigenvalue weighted by Crippen LogP contribution is -2.32. The first-order valence-corrected chi connectivity index (χ1v) is 17.4. The van der Waals surface area contributed by atoms with Gasteiger partial charge in [0.1, 0.15) is 5.75 Å². The molecule has 0 heterocycles. The molecule has 0 saturated heterocycles. The van der Waals surface area contributed by atoms with Gasteiger partial charge in [-0.15, -0.1) is 0 Å². The van der Waals surface area contributed by atoms with Gasteiger partial charge in [-0.3, -0.25) is 9.52 Å². The Kier molecular flexibility index (Phi) is 17.3. The maximum atomic E-state index is 12.7. The second kappa shape index (κ2) is 20.4. The van der Waals surface area contributed by atoms with E-state index in [0.717, 1.165) is 101 Å². The van der Waals surface area contributed by atoms with Crippen LogP contribution in [-0.2, 0) is 21.4 Å². The van der Waals surface area contributed by atoms with Crippen molar-refractivity contribution in [3.63, 3.8) is 0 Å². The fourth-order valence-electron chi connectivity index (χ4n) is 4.72. The van der Waals surface area contributed by atoms with Crippen LogP contribution in [0.3, 0.4) is 0 Å². The Morgan fingerprint density at radius 3 is 2.18 bits per heavy atom. The summed E-state index contributed by atoms with van der Waals surface area (Å²) in [6, 6.07) is 12.4. The highest BCUT2D eigenvalue weighted by Crippen LogP contribution is 2.28. The number of nitrogens with one attached hydrogen (secondary N) is 2. The number of hydrogen-bond donors (Lipinski definition) is 4. The Labute approximate surface area is 265 Å². The molecular formula is C33H54N4O6S. The molecule has 0 aliphatic rings. The van der Waals surface area contributed by atoms with Crippen molar-refractivity contribution in [3.05, 3.63) is 59.2 Å². The highest BCUT2D eigenvalue weighted by Gasteiger charge is 2.17. The second-order valence-electron chi connectivity index (χ2n) is 11.4. The number of phenolic OH excluding ortho intramolecular Hbond substituents is 1. The molecule has 2 aromatic carbocycles. The lowest BCUT2D eigenvalue weighted by Gasteiger charge is -2.21. The molecule has 2 aromatic rings. The zero-order chi connectivity index (χ0) is 32.4.